The Morgan fingerprint density at radius 3 is 2.34 bits per heavy atom. The van der Waals surface area contributed by atoms with Crippen LogP contribution in [0.15, 0.2) is 36.4 Å². The molecule has 0 bridgehead atoms. The van der Waals surface area contributed by atoms with Crippen molar-refractivity contribution in [3.05, 3.63) is 64.2 Å². The standard InChI is InChI=1S/C38H50O3/c1-24(2)20-25-9-10-27-13-16-33-36(3,32(27)21-25)18-7-19-38(33,5)35(41)23-34(40)37(4)17-6-8-29-30-22-28(39)14-11-26(30)12-15-31(29)37/h9-11,14,21-22,24,29,31,33,39H,6-8,12-13,15-20,23H2,1-5H3/t29-,31-,33-,36-,37+,38+/m1/s1. The van der Waals surface area contributed by atoms with Gasteiger partial charge in [0.25, 0.3) is 0 Å². The lowest BCUT2D eigenvalue weighted by molar-refractivity contribution is -0.145. The minimum Gasteiger partial charge on any atom is -0.508 e. The lowest BCUT2D eigenvalue weighted by Crippen LogP contribution is -2.53. The molecule has 6 rings (SSSR count). The van der Waals surface area contributed by atoms with E-state index in [9.17, 15) is 14.7 Å². The topological polar surface area (TPSA) is 54.4 Å². The highest BCUT2D eigenvalue weighted by Gasteiger charge is 2.56. The normalized spacial score (nSPS) is 34.2. The van der Waals surface area contributed by atoms with Gasteiger partial charge in [-0.15, -0.1) is 0 Å². The summed E-state index contributed by atoms with van der Waals surface area (Å²) >= 11 is 0. The average molecular weight is 555 g/mol. The maximum atomic E-state index is 14.4. The number of hydrogen-bond acceptors (Lipinski definition) is 3. The monoisotopic (exact) mass is 554 g/mol. The molecule has 0 amide bonds. The highest BCUT2D eigenvalue weighted by molar-refractivity contribution is 6.04. The highest BCUT2D eigenvalue weighted by Crippen LogP contribution is 2.59. The molecule has 2 fully saturated rings. The Kier molecular flexibility index (Phi) is 7.27. The third kappa shape index (κ3) is 4.70. The SMILES string of the molecule is CC(C)Cc1ccc2c(c1)[C@@]1(C)CCC[C@](C)(C(=O)CC(=O)[C@@]3(C)CCC[C@@H]4c5cc(O)ccc5CC[C@H]43)[C@@H]1CC2. The molecular formula is C38H50O3. The molecule has 0 heterocycles. The molecular weight excluding hydrogens is 504 g/mol. The molecule has 0 aliphatic heterocycles. The third-order valence-electron chi connectivity index (χ3n) is 12.4. The number of benzene rings is 2. The van der Waals surface area contributed by atoms with Crippen molar-refractivity contribution in [2.45, 2.75) is 123 Å². The summed E-state index contributed by atoms with van der Waals surface area (Å²) in [6, 6.07) is 12.9. The van der Waals surface area contributed by atoms with E-state index in [-0.39, 0.29) is 35.2 Å². The van der Waals surface area contributed by atoms with E-state index in [4.69, 9.17) is 0 Å². The Balaban J connectivity index is 1.25. The lowest BCUT2D eigenvalue weighted by atomic mass is 9.48. The first kappa shape index (κ1) is 28.7. The number of carbonyl (C=O) groups excluding carboxylic acids is 2. The van der Waals surface area contributed by atoms with E-state index < -0.39 is 10.8 Å². The number of phenols is 1. The molecule has 3 heteroatoms. The maximum absolute atomic E-state index is 14.4. The summed E-state index contributed by atoms with van der Waals surface area (Å²) in [4.78, 5) is 28.7. The number of phenolic OH excluding ortho intramolecular Hbond substituents is 1. The van der Waals surface area contributed by atoms with Crippen LogP contribution in [0.1, 0.15) is 126 Å². The molecule has 4 aliphatic carbocycles. The number of ketones is 2. The molecule has 2 aromatic carbocycles. The third-order valence-corrected chi connectivity index (χ3v) is 12.4. The van der Waals surface area contributed by atoms with E-state index in [1.165, 1.54) is 27.8 Å². The first-order valence-corrected chi connectivity index (χ1v) is 16.5. The van der Waals surface area contributed by atoms with Crippen LogP contribution in [0.4, 0.5) is 0 Å². The van der Waals surface area contributed by atoms with Crippen LogP contribution in [0.3, 0.4) is 0 Å². The number of fused-ring (bicyclic) bond motifs is 6. The summed E-state index contributed by atoms with van der Waals surface area (Å²) in [6.07, 6.45) is 11.2. The van der Waals surface area contributed by atoms with Crippen LogP contribution in [-0.4, -0.2) is 16.7 Å². The van der Waals surface area contributed by atoms with Gasteiger partial charge in [-0.05, 0) is 127 Å². The van der Waals surface area contributed by atoms with Gasteiger partial charge < -0.3 is 5.11 Å². The first-order valence-electron chi connectivity index (χ1n) is 16.5. The van der Waals surface area contributed by atoms with Gasteiger partial charge in [-0.2, -0.15) is 0 Å². The van der Waals surface area contributed by atoms with E-state index in [1.807, 2.05) is 6.07 Å². The second-order valence-corrected chi connectivity index (χ2v) is 15.3. The van der Waals surface area contributed by atoms with Crippen LogP contribution in [0.25, 0.3) is 0 Å². The molecule has 1 N–H and O–H groups in total. The Morgan fingerprint density at radius 2 is 1.56 bits per heavy atom. The fourth-order valence-electron chi connectivity index (χ4n) is 10.2. The molecule has 0 saturated heterocycles. The Hall–Kier alpha value is -2.42. The zero-order chi connectivity index (χ0) is 29.2. The van der Waals surface area contributed by atoms with Gasteiger partial charge in [0.2, 0.25) is 0 Å². The number of Topliss-reactive ketones (excluding diaryl/α,β-unsaturated/α-hetero) is 2. The Bertz CT molecular complexity index is 1360. The maximum Gasteiger partial charge on any atom is 0.146 e. The van der Waals surface area contributed by atoms with Crippen molar-refractivity contribution in [3.63, 3.8) is 0 Å². The number of aromatic hydroxyl groups is 1. The van der Waals surface area contributed by atoms with Crippen molar-refractivity contribution in [1.29, 1.82) is 0 Å². The zero-order valence-electron chi connectivity index (χ0n) is 26.0. The number of rotatable bonds is 6. The van der Waals surface area contributed by atoms with Gasteiger partial charge in [0.15, 0.2) is 0 Å². The van der Waals surface area contributed by atoms with Gasteiger partial charge in [0, 0.05) is 10.8 Å². The van der Waals surface area contributed by atoms with E-state index in [2.05, 4.69) is 58.9 Å². The number of aryl methyl sites for hydroxylation is 2. The quantitative estimate of drug-likeness (QED) is 0.364. The van der Waals surface area contributed by atoms with E-state index in [0.29, 0.717) is 17.6 Å². The molecule has 0 unspecified atom stereocenters. The average Bonchev–Trinajstić information content (AvgIpc) is 2.93. The van der Waals surface area contributed by atoms with Gasteiger partial charge in [-0.3, -0.25) is 9.59 Å². The van der Waals surface area contributed by atoms with Crippen LogP contribution in [0.2, 0.25) is 0 Å². The summed E-state index contributed by atoms with van der Waals surface area (Å²) in [5.74, 6) is 2.12. The highest BCUT2D eigenvalue weighted by atomic mass is 16.3. The van der Waals surface area contributed by atoms with E-state index >= 15 is 0 Å². The van der Waals surface area contributed by atoms with Crippen LogP contribution in [0.5, 0.6) is 5.75 Å². The van der Waals surface area contributed by atoms with Gasteiger partial charge in [0.1, 0.15) is 17.3 Å². The van der Waals surface area contributed by atoms with Crippen LogP contribution in [0, 0.1) is 28.6 Å². The molecule has 2 saturated carbocycles. The van der Waals surface area contributed by atoms with Crippen LogP contribution in [-0.2, 0) is 34.3 Å². The summed E-state index contributed by atoms with van der Waals surface area (Å²) in [6.45, 7) is 11.3. The van der Waals surface area contributed by atoms with E-state index in [1.54, 1.807) is 6.07 Å². The number of carbonyl (C=O) groups is 2. The number of hydrogen-bond donors (Lipinski definition) is 1. The zero-order valence-corrected chi connectivity index (χ0v) is 26.0. The summed E-state index contributed by atoms with van der Waals surface area (Å²) in [5, 5.41) is 10.2. The second-order valence-electron chi connectivity index (χ2n) is 15.3. The van der Waals surface area contributed by atoms with Crippen LogP contribution >= 0.6 is 0 Å². The second kappa shape index (κ2) is 10.4. The van der Waals surface area contributed by atoms with Gasteiger partial charge in [-0.1, -0.05) is 71.7 Å². The van der Waals surface area contributed by atoms with Gasteiger partial charge in [0.05, 0.1) is 6.42 Å². The van der Waals surface area contributed by atoms with Gasteiger partial charge in [-0.25, -0.2) is 0 Å². The van der Waals surface area contributed by atoms with E-state index in [0.717, 1.165) is 70.6 Å². The fourth-order valence-corrected chi connectivity index (χ4v) is 10.2. The molecule has 3 nitrogen and oxygen atoms in total. The van der Waals surface area contributed by atoms with Crippen LogP contribution < -0.4 is 0 Å². The van der Waals surface area contributed by atoms with Crippen molar-refractivity contribution in [3.8, 4) is 5.75 Å². The largest absolute Gasteiger partial charge is 0.508 e. The smallest absolute Gasteiger partial charge is 0.146 e. The Labute approximate surface area is 247 Å². The summed E-state index contributed by atoms with van der Waals surface area (Å²) in [5.41, 5.74) is 5.97. The predicted molar refractivity (Wildman–Crippen MR) is 165 cm³/mol. The minimum atomic E-state index is -0.471. The lowest BCUT2D eigenvalue weighted by Gasteiger charge is -2.55. The summed E-state index contributed by atoms with van der Waals surface area (Å²) < 4.78 is 0. The molecule has 0 radical (unpaired) electrons. The first-order chi connectivity index (χ1) is 19.5. The summed E-state index contributed by atoms with van der Waals surface area (Å²) in [7, 11) is 0. The fraction of sp³-hybridized carbons (Fsp3) is 0.632. The molecule has 0 aromatic heterocycles. The van der Waals surface area contributed by atoms with Crippen molar-refractivity contribution < 1.29 is 14.7 Å². The minimum absolute atomic E-state index is 0.0127. The molecule has 0 spiro atoms. The molecule has 2 aromatic rings. The molecule has 4 aliphatic rings. The van der Waals surface area contributed by atoms with Crippen molar-refractivity contribution in [1.82, 2.24) is 0 Å². The van der Waals surface area contributed by atoms with Crippen molar-refractivity contribution in [2.75, 3.05) is 0 Å². The predicted octanol–water partition coefficient (Wildman–Crippen LogP) is 8.67. The van der Waals surface area contributed by atoms with Crippen molar-refractivity contribution >= 4 is 11.6 Å². The van der Waals surface area contributed by atoms with Gasteiger partial charge >= 0.3 is 0 Å². The van der Waals surface area contributed by atoms with Crippen molar-refractivity contribution in [2.24, 2.45) is 28.6 Å². The molecule has 41 heavy (non-hydrogen) atoms. The molecule has 6 atom stereocenters. The Morgan fingerprint density at radius 1 is 0.854 bits per heavy atom. The molecule has 220 valence electrons.